The number of carbonyl (C=O) groups is 1. The number of benzene rings is 1. The van der Waals surface area contributed by atoms with Gasteiger partial charge in [0.25, 0.3) is 0 Å². The van der Waals surface area contributed by atoms with Gasteiger partial charge in [0.1, 0.15) is 16.4 Å². The minimum Gasteiger partial charge on any atom is -0.495 e. The molecule has 9 heteroatoms. The van der Waals surface area contributed by atoms with Crippen LogP contribution in [-0.4, -0.2) is 28.6 Å². The quantitative estimate of drug-likeness (QED) is 0.432. The summed E-state index contributed by atoms with van der Waals surface area (Å²) in [4.78, 5) is 19.9. The molecule has 134 valence electrons. The molecule has 0 radical (unpaired) electrons. The largest absolute Gasteiger partial charge is 0.495 e. The van der Waals surface area contributed by atoms with Crippen LogP contribution in [0.2, 0.25) is 15.5 Å². The summed E-state index contributed by atoms with van der Waals surface area (Å²) in [6, 6.07) is 4.78. The first-order valence-electron chi connectivity index (χ1n) is 7.17. The molecule has 0 spiro atoms. The number of halogens is 3. The van der Waals surface area contributed by atoms with Gasteiger partial charge in [-0.3, -0.25) is 0 Å². The highest BCUT2D eigenvalue weighted by Gasteiger charge is 2.20. The van der Waals surface area contributed by atoms with Crippen LogP contribution in [0, 0.1) is 0 Å². The Hall–Kier alpha value is -1.76. The number of ether oxygens (including phenoxy) is 2. The molecule has 2 aromatic rings. The number of anilines is 2. The van der Waals surface area contributed by atoms with Crippen LogP contribution in [0.5, 0.6) is 5.75 Å². The van der Waals surface area contributed by atoms with Crippen LogP contribution in [0.15, 0.2) is 18.2 Å². The third-order valence-electron chi connectivity index (χ3n) is 2.87. The molecule has 1 N–H and O–H groups in total. The highest BCUT2D eigenvalue weighted by molar-refractivity contribution is 6.43. The Morgan fingerprint density at radius 2 is 1.84 bits per heavy atom. The van der Waals surface area contributed by atoms with Gasteiger partial charge in [0.2, 0.25) is 5.28 Å². The summed E-state index contributed by atoms with van der Waals surface area (Å²) >= 11 is 17.8. The van der Waals surface area contributed by atoms with Crippen molar-refractivity contribution in [1.29, 1.82) is 0 Å². The van der Waals surface area contributed by atoms with Crippen molar-refractivity contribution in [2.24, 2.45) is 0 Å². The van der Waals surface area contributed by atoms with Gasteiger partial charge in [-0.05, 0) is 50.6 Å². The Balaban J connectivity index is 2.33. The minimum atomic E-state index is -0.594. The van der Waals surface area contributed by atoms with Crippen molar-refractivity contribution in [3.05, 3.63) is 39.2 Å². The zero-order valence-electron chi connectivity index (χ0n) is 14.0. The number of nitrogens with one attached hydrogen (secondary N) is 1. The number of methoxy groups -OCH3 is 1. The second-order valence-electron chi connectivity index (χ2n) is 5.99. The van der Waals surface area contributed by atoms with Crippen molar-refractivity contribution >= 4 is 52.3 Å². The van der Waals surface area contributed by atoms with E-state index in [9.17, 15) is 4.79 Å². The number of rotatable bonds is 4. The fourth-order valence-corrected chi connectivity index (χ4v) is 2.38. The molecule has 0 aliphatic rings. The number of hydrogen-bond donors (Lipinski definition) is 1. The fourth-order valence-electron chi connectivity index (χ4n) is 1.86. The van der Waals surface area contributed by atoms with Crippen LogP contribution in [0.4, 0.5) is 11.5 Å². The lowest BCUT2D eigenvalue weighted by Gasteiger charge is -2.20. The molecule has 0 unspecified atom stereocenters. The van der Waals surface area contributed by atoms with Gasteiger partial charge in [0, 0.05) is 0 Å². The maximum absolute atomic E-state index is 12.2. The van der Waals surface area contributed by atoms with Gasteiger partial charge in [-0.1, -0.05) is 23.2 Å². The molecule has 0 aliphatic carbocycles. The van der Waals surface area contributed by atoms with Crippen molar-refractivity contribution < 1.29 is 14.3 Å². The lowest BCUT2D eigenvalue weighted by Crippen LogP contribution is -2.23. The molecule has 1 aromatic heterocycles. The van der Waals surface area contributed by atoms with Crippen LogP contribution in [-0.2, 0) is 4.74 Å². The Labute approximate surface area is 160 Å². The average Bonchev–Trinajstić information content (AvgIpc) is 2.50. The molecule has 6 nitrogen and oxygen atoms in total. The van der Waals surface area contributed by atoms with Crippen molar-refractivity contribution in [3.63, 3.8) is 0 Å². The highest BCUT2D eigenvalue weighted by atomic mass is 35.5. The molecule has 0 saturated carbocycles. The first kappa shape index (κ1) is 19.6. The predicted octanol–water partition coefficient (Wildman–Crippen LogP) is 5.14. The maximum atomic E-state index is 12.2. The number of hydrogen-bond acceptors (Lipinski definition) is 6. The minimum absolute atomic E-state index is 0.0218. The monoisotopic (exact) mass is 403 g/mol. The normalized spacial score (nSPS) is 11.2. The molecule has 25 heavy (non-hydrogen) atoms. The molecule has 0 saturated heterocycles. The maximum Gasteiger partial charge on any atom is 0.338 e. The zero-order chi connectivity index (χ0) is 18.8. The van der Waals surface area contributed by atoms with Gasteiger partial charge in [-0.2, -0.15) is 4.98 Å². The third-order valence-corrected chi connectivity index (χ3v) is 3.77. The summed E-state index contributed by atoms with van der Waals surface area (Å²) < 4.78 is 10.7. The SMILES string of the molecule is COc1cc(C(=O)OC(C)(C)C)ccc1Nc1nc(Cl)nc(Cl)c1Cl. The molecule has 0 aliphatic heterocycles. The highest BCUT2D eigenvalue weighted by Crippen LogP contribution is 2.34. The first-order valence-corrected chi connectivity index (χ1v) is 8.31. The van der Waals surface area contributed by atoms with Gasteiger partial charge < -0.3 is 14.8 Å². The summed E-state index contributed by atoms with van der Waals surface area (Å²) in [5.74, 6) is 0.156. The smallest absolute Gasteiger partial charge is 0.338 e. The molecule has 0 atom stereocenters. The number of esters is 1. The Kier molecular flexibility index (Phi) is 5.98. The Morgan fingerprint density at radius 1 is 1.16 bits per heavy atom. The summed E-state index contributed by atoms with van der Waals surface area (Å²) in [5, 5.41) is 3.04. The summed E-state index contributed by atoms with van der Waals surface area (Å²) in [5.41, 5.74) is 0.271. The molecular formula is C16H16Cl3N3O3. The topological polar surface area (TPSA) is 73.3 Å². The van der Waals surface area contributed by atoms with E-state index in [-0.39, 0.29) is 21.3 Å². The van der Waals surface area contributed by atoms with Crippen molar-refractivity contribution in [3.8, 4) is 5.75 Å². The van der Waals surface area contributed by atoms with Gasteiger partial charge >= 0.3 is 5.97 Å². The van der Waals surface area contributed by atoms with E-state index in [2.05, 4.69) is 15.3 Å². The lowest BCUT2D eigenvalue weighted by molar-refractivity contribution is 0.00692. The second-order valence-corrected chi connectivity index (χ2v) is 7.06. The standard InChI is InChI=1S/C16H16Cl3N3O3/c1-16(2,3)25-14(23)8-5-6-9(10(7-8)24-4)20-13-11(17)12(18)21-15(19)22-13/h5-7H,1-4H3,(H,20,21,22). The van der Waals surface area contributed by atoms with Crippen molar-refractivity contribution in [2.45, 2.75) is 26.4 Å². The van der Waals surface area contributed by atoms with Crippen LogP contribution in [0.25, 0.3) is 0 Å². The molecule has 0 amide bonds. The van der Waals surface area contributed by atoms with Crippen LogP contribution in [0.1, 0.15) is 31.1 Å². The van der Waals surface area contributed by atoms with E-state index >= 15 is 0 Å². The fraction of sp³-hybridized carbons (Fsp3) is 0.312. The van der Waals surface area contributed by atoms with E-state index in [4.69, 9.17) is 44.3 Å². The van der Waals surface area contributed by atoms with E-state index in [0.29, 0.717) is 17.0 Å². The molecular weight excluding hydrogens is 389 g/mol. The van der Waals surface area contributed by atoms with Gasteiger partial charge in [-0.25, -0.2) is 9.78 Å². The van der Waals surface area contributed by atoms with Gasteiger partial charge in [0.05, 0.1) is 18.4 Å². The second kappa shape index (κ2) is 7.64. The van der Waals surface area contributed by atoms with E-state index in [1.807, 2.05) is 0 Å². The van der Waals surface area contributed by atoms with E-state index in [0.717, 1.165) is 0 Å². The Bertz CT molecular complexity index is 807. The summed E-state index contributed by atoms with van der Waals surface area (Å²) in [7, 11) is 1.47. The van der Waals surface area contributed by atoms with E-state index < -0.39 is 11.6 Å². The average molecular weight is 405 g/mol. The van der Waals surface area contributed by atoms with Gasteiger partial charge in [0.15, 0.2) is 11.0 Å². The summed E-state index contributed by atoms with van der Waals surface area (Å²) in [6.45, 7) is 5.38. The molecule has 1 heterocycles. The number of nitrogens with zero attached hydrogens (tertiary/aromatic N) is 2. The van der Waals surface area contributed by atoms with Crippen molar-refractivity contribution in [2.75, 3.05) is 12.4 Å². The van der Waals surface area contributed by atoms with E-state index in [1.54, 1.807) is 39.0 Å². The number of aromatic nitrogens is 2. The van der Waals surface area contributed by atoms with Gasteiger partial charge in [-0.15, -0.1) is 0 Å². The van der Waals surface area contributed by atoms with Crippen LogP contribution < -0.4 is 10.1 Å². The molecule has 0 fully saturated rings. The predicted molar refractivity (Wildman–Crippen MR) is 98.5 cm³/mol. The zero-order valence-corrected chi connectivity index (χ0v) is 16.3. The lowest BCUT2D eigenvalue weighted by atomic mass is 10.1. The van der Waals surface area contributed by atoms with Crippen LogP contribution in [0.3, 0.4) is 0 Å². The third kappa shape index (κ3) is 5.11. The molecule has 1 aromatic carbocycles. The number of carbonyl (C=O) groups excluding carboxylic acids is 1. The van der Waals surface area contributed by atoms with Crippen LogP contribution >= 0.6 is 34.8 Å². The van der Waals surface area contributed by atoms with Crippen molar-refractivity contribution in [1.82, 2.24) is 9.97 Å². The molecule has 2 rings (SSSR count). The van der Waals surface area contributed by atoms with E-state index in [1.165, 1.54) is 7.11 Å². The Morgan fingerprint density at radius 3 is 2.44 bits per heavy atom. The summed E-state index contributed by atoms with van der Waals surface area (Å²) in [6.07, 6.45) is 0. The first-order chi connectivity index (χ1) is 11.6. The molecule has 0 bridgehead atoms.